The summed E-state index contributed by atoms with van der Waals surface area (Å²) in [5.74, 6) is -1.29. The number of benzene rings is 1. The van der Waals surface area contributed by atoms with Crippen LogP contribution in [0.4, 0.5) is 15.8 Å². The van der Waals surface area contributed by atoms with Gasteiger partial charge in [-0.25, -0.2) is 9.18 Å². The van der Waals surface area contributed by atoms with Gasteiger partial charge in [0.2, 0.25) is 0 Å². The predicted octanol–water partition coefficient (Wildman–Crippen LogP) is 3.22. The number of thiophene rings is 1. The lowest BCUT2D eigenvalue weighted by molar-refractivity contribution is -0.384. The number of nitro benzene ring substituents is 1. The fourth-order valence-corrected chi connectivity index (χ4v) is 2.77. The first-order valence-electron chi connectivity index (χ1n) is 5.94. The van der Waals surface area contributed by atoms with Crippen LogP contribution in [0.25, 0.3) is 10.4 Å². The molecule has 0 spiro atoms. The molecule has 0 aliphatic rings. The number of ether oxygens (including phenoxy) is 1. The van der Waals surface area contributed by atoms with Gasteiger partial charge in [-0.3, -0.25) is 10.1 Å². The minimum absolute atomic E-state index is 0.172. The molecule has 0 bridgehead atoms. The smallest absolute Gasteiger partial charge is 0.350 e. The van der Waals surface area contributed by atoms with Gasteiger partial charge in [-0.05, 0) is 25.1 Å². The zero-order chi connectivity index (χ0) is 15.6. The van der Waals surface area contributed by atoms with Crippen molar-refractivity contribution < 1.29 is 18.8 Å². The Labute approximate surface area is 123 Å². The highest BCUT2D eigenvalue weighted by Gasteiger charge is 2.22. The van der Waals surface area contributed by atoms with E-state index in [1.165, 1.54) is 12.1 Å². The highest BCUT2D eigenvalue weighted by atomic mass is 32.1. The number of rotatable bonds is 4. The summed E-state index contributed by atoms with van der Waals surface area (Å²) in [7, 11) is 0. The molecule has 0 amide bonds. The molecule has 6 nitrogen and oxygen atoms in total. The molecular formula is C13H11FN2O4S. The Hall–Kier alpha value is -2.48. The second-order valence-corrected chi connectivity index (χ2v) is 5.09. The van der Waals surface area contributed by atoms with Crippen molar-refractivity contribution in [3.05, 3.63) is 45.1 Å². The summed E-state index contributed by atoms with van der Waals surface area (Å²) in [6, 6.07) is 4.67. The molecule has 0 saturated heterocycles. The van der Waals surface area contributed by atoms with Crippen LogP contribution in [-0.2, 0) is 4.74 Å². The Morgan fingerprint density at radius 1 is 1.48 bits per heavy atom. The summed E-state index contributed by atoms with van der Waals surface area (Å²) >= 11 is 0.972. The largest absolute Gasteiger partial charge is 0.462 e. The monoisotopic (exact) mass is 310 g/mol. The van der Waals surface area contributed by atoms with Gasteiger partial charge in [-0.2, -0.15) is 0 Å². The molecule has 8 heteroatoms. The molecule has 2 aromatic rings. The number of anilines is 1. The number of halogens is 1. The zero-order valence-electron chi connectivity index (χ0n) is 11.0. The van der Waals surface area contributed by atoms with Gasteiger partial charge in [0.15, 0.2) is 0 Å². The number of nitrogens with two attached hydrogens (primary N) is 1. The van der Waals surface area contributed by atoms with Gasteiger partial charge >= 0.3 is 5.97 Å². The first-order chi connectivity index (χ1) is 9.93. The standard InChI is InChI=1S/C13H11FN2O4S/c1-2-20-13(17)12-9(15)6-11(21-12)8-4-3-7(14)5-10(8)16(18)19/h3-6H,2,15H2,1H3. The number of nitrogen functional groups attached to an aromatic ring is 1. The molecule has 2 rings (SSSR count). The summed E-state index contributed by atoms with van der Waals surface area (Å²) in [5.41, 5.74) is 5.72. The SMILES string of the molecule is CCOC(=O)c1sc(-c2ccc(F)cc2[N+](=O)[O-])cc1N. The molecule has 1 heterocycles. The van der Waals surface area contributed by atoms with E-state index >= 15 is 0 Å². The fraction of sp³-hybridized carbons (Fsp3) is 0.154. The minimum Gasteiger partial charge on any atom is -0.462 e. The number of esters is 1. The molecular weight excluding hydrogens is 299 g/mol. The van der Waals surface area contributed by atoms with Crippen molar-refractivity contribution in [3.8, 4) is 10.4 Å². The average molecular weight is 310 g/mol. The summed E-state index contributed by atoms with van der Waals surface area (Å²) in [5, 5.41) is 11.0. The maximum Gasteiger partial charge on any atom is 0.350 e. The van der Waals surface area contributed by atoms with E-state index in [0.717, 1.165) is 23.5 Å². The van der Waals surface area contributed by atoms with Gasteiger partial charge < -0.3 is 10.5 Å². The highest BCUT2D eigenvalue weighted by Crippen LogP contribution is 2.38. The minimum atomic E-state index is -0.708. The van der Waals surface area contributed by atoms with E-state index < -0.39 is 16.7 Å². The Morgan fingerprint density at radius 3 is 2.81 bits per heavy atom. The van der Waals surface area contributed by atoms with E-state index in [0.29, 0.717) is 4.88 Å². The van der Waals surface area contributed by atoms with Crippen LogP contribution in [0.1, 0.15) is 16.6 Å². The molecule has 1 aromatic carbocycles. The Bertz CT molecular complexity index is 714. The van der Waals surface area contributed by atoms with Crippen LogP contribution in [0.3, 0.4) is 0 Å². The van der Waals surface area contributed by atoms with Crippen molar-refractivity contribution in [1.82, 2.24) is 0 Å². The van der Waals surface area contributed by atoms with Gasteiger partial charge in [0.25, 0.3) is 5.69 Å². The molecule has 0 aliphatic carbocycles. The third kappa shape index (κ3) is 3.00. The third-order valence-corrected chi connectivity index (χ3v) is 3.81. The van der Waals surface area contributed by atoms with E-state index in [1.807, 2.05) is 0 Å². The number of carbonyl (C=O) groups excluding carboxylic acids is 1. The quantitative estimate of drug-likeness (QED) is 0.531. The Kier molecular flexibility index (Phi) is 4.18. The van der Waals surface area contributed by atoms with Gasteiger partial charge in [0.1, 0.15) is 10.7 Å². The Balaban J connectivity index is 2.51. The van der Waals surface area contributed by atoms with Gasteiger partial charge in [-0.15, -0.1) is 11.3 Å². The molecule has 1 aromatic heterocycles. The topological polar surface area (TPSA) is 95.5 Å². The molecule has 0 radical (unpaired) electrons. The van der Waals surface area contributed by atoms with Crippen molar-refractivity contribution in [1.29, 1.82) is 0 Å². The lowest BCUT2D eigenvalue weighted by Gasteiger charge is -2.00. The molecule has 0 aliphatic heterocycles. The van der Waals surface area contributed by atoms with E-state index in [4.69, 9.17) is 10.5 Å². The molecule has 21 heavy (non-hydrogen) atoms. The lowest BCUT2D eigenvalue weighted by atomic mass is 10.1. The zero-order valence-corrected chi connectivity index (χ0v) is 11.8. The van der Waals surface area contributed by atoms with Crippen LogP contribution in [0.2, 0.25) is 0 Å². The van der Waals surface area contributed by atoms with Crippen molar-refractivity contribution in [2.45, 2.75) is 6.92 Å². The van der Waals surface area contributed by atoms with Crippen LogP contribution in [0.15, 0.2) is 24.3 Å². The summed E-state index contributed by atoms with van der Waals surface area (Å²) < 4.78 is 18.0. The number of nitro groups is 1. The number of carbonyl (C=O) groups is 1. The Morgan fingerprint density at radius 2 is 2.19 bits per heavy atom. The van der Waals surface area contributed by atoms with E-state index in [9.17, 15) is 19.3 Å². The number of hydrogen-bond acceptors (Lipinski definition) is 6. The van der Waals surface area contributed by atoms with Gasteiger partial charge in [0, 0.05) is 4.88 Å². The van der Waals surface area contributed by atoms with E-state index in [-0.39, 0.29) is 28.4 Å². The fourth-order valence-electron chi connectivity index (χ4n) is 1.76. The average Bonchev–Trinajstić information content (AvgIpc) is 2.80. The predicted molar refractivity (Wildman–Crippen MR) is 76.7 cm³/mol. The van der Waals surface area contributed by atoms with Crippen molar-refractivity contribution in [2.24, 2.45) is 0 Å². The maximum atomic E-state index is 13.1. The summed E-state index contributed by atoms with van der Waals surface area (Å²) in [6.45, 7) is 1.86. The van der Waals surface area contributed by atoms with Gasteiger partial charge in [-0.1, -0.05) is 0 Å². The molecule has 0 unspecified atom stereocenters. The van der Waals surface area contributed by atoms with Crippen LogP contribution in [0.5, 0.6) is 0 Å². The van der Waals surface area contributed by atoms with Crippen LogP contribution < -0.4 is 5.73 Å². The van der Waals surface area contributed by atoms with Crippen molar-refractivity contribution in [2.75, 3.05) is 12.3 Å². The molecule has 0 saturated carbocycles. The molecule has 110 valence electrons. The van der Waals surface area contributed by atoms with Crippen LogP contribution in [0, 0.1) is 15.9 Å². The number of hydrogen-bond donors (Lipinski definition) is 1. The van der Waals surface area contributed by atoms with Crippen LogP contribution >= 0.6 is 11.3 Å². The first kappa shape index (κ1) is 14.9. The molecule has 0 fully saturated rings. The summed E-state index contributed by atoms with van der Waals surface area (Å²) in [4.78, 5) is 22.6. The van der Waals surface area contributed by atoms with Crippen molar-refractivity contribution in [3.63, 3.8) is 0 Å². The molecule has 0 atom stereocenters. The number of nitrogens with zero attached hydrogens (tertiary/aromatic N) is 1. The highest BCUT2D eigenvalue weighted by molar-refractivity contribution is 7.18. The van der Waals surface area contributed by atoms with Gasteiger partial charge in [0.05, 0.1) is 28.8 Å². The second-order valence-electron chi connectivity index (χ2n) is 4.03. The van der Waals surface area contributed by atoms with Crippen molar-refractivity contribution >= 4 is 28.7 Å². The first-order valence-corrected chi connectivity index (χ1v) is 6.76. The van der Waals surface area contributed by atoms with E-state index in [2.05, 4.69) is 0 Å². The second kappa shape index (κ2) is 5.88. The van der Waals surface area contributed by atoms with Crippen LogP contribution in [-0.4, -0.2) is 17.5 Å². The third-order valence-electron chi connectivity index (χ3n) is 2.64. The normalized spacial score (nSPS) is 10.4. The lowest BCUT2D eigenvalue weighted by Crippen LogP contribution is -2.04. The van der Waals surface area contributed by atoms with E-state index in [1.54, 1.807) is 6.92 Å². The molecule has 2 N–H and O–H groups in total. The summed E-state index contributed by atoms with van der Waals surface area (Å²) in [6.07, 6.45) is 0. The maximum absolute atomic E-state index is 13.1.